The number of pyridine rings is 2. The standard InChI is InChI=1S/C22H28N6O3/c1-27-18-6-7-19(24-12-13-29)26-20(18)28(22(27)31)14-15-2-4-16(5-3-15)21(30)25-17-8-10-23-11-9-17/h6-11,15-16,29H,2-5,12-14H2,1H3,(H,24,26)(H,23,25,30)/p+1. The Morgan fingerprint density at radius 3 is 2.61 bits per heavy atom. The average molecular weight is 426 g/mol. The molecule has 0 atom stereocenters. The van der Waals surface area contributed by atoms with E-state index in [9.17, 15) is 9.59 Å². The third kappa shape index (κ3) is 4.61. The Balaban J connectivity index is 1.42. The summed E-state index contributed by atoms with van der Waals surface area (Å²) in [6.45, 7) is 1.38. The summed E-state index contributed by atoms with van der Waals surface area (Å²) in [5.74, 6) is 1.06. The lowest BCUT2D eigenvalue weighted by Crippen LogP contribution is -2.31. The second kappa shape index (κ2) is 9.30. The molecule has 0 spiro atoms. The highest BCUT2D eigenvalue weighted by Crippen LogP contribution is 2.31. The summed E-state index contributed by atoms with van der Waals surface area (Å²) in [4.78, 5) is 34.0. The first-order valence-corrected chi connectivity index (χ1v) is 10.7. The summed E-state index contributed by atoms with van der Waals surface area (Å²) in [7, 11) is 1.76. The first kappa shape index (κ1) is 21.0. The molecule has 31 heavy (non-hydrogen) atoms. The van der Waals surface area contributed by atoms with Crippen molar-refractivity contribution >= 4 is 28.6 Å². The number of rotatable bonds is 7. The Hall–Kier alpha value is -3.20. The molecule has 4 rings (SSSR count). The van der Waals surface area contributed by atoms with Gasteiger partial charge in [0.15, 0.2) is 12.3 Å². The fourth-order valence-electron chi connectivity index (χ4n) is 4.27. The third-order valence-electron chi connectivity index (χ3n) is 6.03. The summed E-state index contributed by atoms with van der Waals surface area (Å²) in [6, 6.07) is 7.31. The number of aromatic nitrogens is 4. The van der Waals surface area contributed by atoms with Crippen LogP contribution in [-0.4, -0.2) is 43.3 Å². The molecule has 0 unspecified atom stereocenters. The van der Waals surface area contributed by atoms with Crippen LogP contribution in [0.3, 0.4) is 0 Å². The largest absolute Gasteiger partial charge is 0.444 e. The zero-order valence-corrected chi connectivity index (χ0v) is 17.7. The van der Waals surface area contributed by atoms with E-state index in [0.717, 1.165) is 36.9 Å². The van der Waals surface area contributed by atoms with E-state index < -0.39 is 0 Å². The molecule has 3 aromatic heterocycles. The van der Waals surface area contributed by atoms with Gasteiger partial charge in [-0.15, -0.1) is 0 Å². The Morgan fingerprint density at radius 1 is 1.16 bits per heavy atom. The molecular formula is C22H29N6O3+. The predicted molar refractivity (Wildman–Crippen MR) is 120 cm³/mol. The van der Waals surface area contributed by atoms with Gasteiger partial charge in [0.25, 0.3) is 0 Å². The van der Waals surface area contributed by atoms with E-state index in [1.165, 1.54) is 0 Å². The predicted octanol–water partition coefficient (Wildman–Crippen LogP) is 1.71. The fraction of sp³-hybridized carbons (Fsp3) is 0.455. The second-order valence-corrected chi connectivity index (χ2v) is 8.11. The Labute approximate surface area is 180 Å². The molecule has 9 heteroatoms. The molecule has 3 heterocycles. The normalized spacial score (nSPS) is 18.8. The van der Waals surface area contributed by atoms with Crippen molar-refractivity contribution in [3.8, 4) is 0 Å². The van der Waals surface area contributed by atoms with Crippen LogP contribution in [-0.2, 0) is 18.4 Å². The maximum Gasteiger partial charge on any atom is 0.330 e. The molecule has 0 aliphatic heterocycles. The van der Waals surface area contributed by atoms with Gasteiger partial charge in [-0.1, -0.05) is 0 Å². The fourth-order valence-corrected chi connectivity index (χ4v) is 4.27. The van der Waals surface area contributed by atoms with Crippen molar-refractivity contribution in [3.63, 3.8) is 0 Å². The zero-order chi connectivity index (χ0) is 21.8. The number of carbonyl (C=O) groups excluding carboxylic acids is 1. The van der Waals surface area contributed by atoms with Gasteiger partial charge in [0.05, 0.1) is 12.1 Å². The van der Waals surface area contributed by atoms with Crippen molar-refractivity contribution in [1.82, 2.24) is 19.1 Å². The number of hydrogen-bond acceptors (Lipinski definition) is 5. The van der Waals surface area contributed by atoms with Crippen LogP contribution in [0, 0.1) is 11.8 Å². The molecule has 0 radical (unpaired) electrons. The van der Waals surface area contributed by atoms with E-state index >= 15 is 0 Å². The first-order chi connectivity index (χ1) is 15.1. The highest BCUT2D eigenvalue weighted by Gasteiger charge is 2.27. The minimum Gasteiger partial charge on any atom is -0.444 e. The van der Waals surface area contributed by atoms with Crippen LogP contribution < -0.4 is 16.3 Å². The molecule has 1 aliphatic carbocycles. The number of hydrogen-bond donors (Lipinski definition) is 2. The van der Waals surface area contributed by atoms with Gasteiger partial charge in [0, 0.05) is 37.6 Å². The second-order valence-electron chi connectivity index (χ2n) is 8.11. The summed E-state index contributed by atoms with van der Waals surface area (Å²) in [5, 5.41) is 13.4. The van der Waals surface area contributed by atoms with E-state index in [1.807, 2.05) is 12.1 Å². The number of nitrogens with zero attached hydrogens (tertiary/aromatic N) is 4. The number of fused-ring (bicyclic) bond motifs is 1. The molecule has 0 bridgehead atoms. The molecule has 4 N–H and O–H groups in total. The number of aryl methyl sites for hydroxylation is 1. The minimum absolute atomic E-state index is 0.00699. The van der Waals surface area contributed by atoms with E-state index in [4.69, 9.17) is 5.11 Å². The molecule has 9 nitrogen and oxygen atoms in total. The number of amides is 1. The lowest BCUT2D eigenvalue weighted by Gasteiger charge is -2.27. The van der Waals surface area contributed by atoms with E-state index in [0.29, 0.717) is 30.5 Å². The summed E-state index contributed by atoms with van der Waals surface area (Å²) in [6.07, 6.45) is 6.74. The third-order valence-corrected chi connectivity index (χ3v) is 6.03. The number of anilines is 2. The van der Waals surface area contributed by atoms with Crippen LogP contribution in [0.15, 0.2) is 41.5 Å². The van der Waals surface area contributed by atoms with Gasteiger partial charge in [-0.05, 0) is 55.9 Å². The molecule has 164 valence electrons. The topological polar surface area (TPSA) is 117 Å². The molecular weight excluding hydrogens is 396 g/mol. The van der Waals surface area contributed by atoms with E-state index in [-0.39, 0.29) is 24.1 Å². The van der Waals surface area contributed by atoms with Crippen molar-refractivity contribution in [1.29, 1.82) is 0 Å². The maximum atomic E-state index is 12.8. The zero-order valence-electron chi connectivity index (χ0n) is 17.7. The van der Waals surface area contributed by atoms with Crippen LogP contribution in [0.2, 0.25) is 0 Å². The van der Waals surface area contributed by atoms with E-state index in [1.54, 1.807) is 40.7 Å². The van der Waals surface area contributed by atoms with Gasteiger partial charge in [-0.25, -0.2) is 9.78 Å². The molecule has 0 saturated heterocycles. The van der Waals surface area contributed by atoms with Crippen LogP contribution in [0.4, 0.5) is 11.5 Å². The molecule has 0 aromatic carbocycles. The Morgan fingerprint density at radius 2 is 1.90 bits per heavy atom. The van der Waals surface area contributed by atoms with Crippen LogP contribution >= 0.6 is 0 Å². The van der Waals surface area contributed by atoms with Crippen molar-refractivity contribution in [3.05, 3.63) is 47.1 Å². The summed E-state index contributed by atoms with van der Waals surface area (Å²) < 4.78 is 3.38. The van der Waals surface area contributed by atoms with Crippen molar-refractivity contribution in [2.75, 3.05) is 23.8 Å². The smallest absolute Gasteiger partial charge is 0.330 e. The van der Waals surface area contributed by atoms with Crippen LogP contribution in [0.5, 0.6) is 0 Å². The molecule has 3 aromatic rings. The minimum atomic E-state index is -0.0716. The van der Waals surface area contributed by atoms with Crippen molar-refractivity contribution < 1.29 is 9.90 Å². The van der Waals surface area contributed by atoms with Gasteiger partial charge < -0.3 is 15.7 Å². The number of imidazole rings is 1. The first-order valence-electron chi connectivity index (χ1n) is 10.7. The monoisotopic (exact) mass is 425 g/mol. The van der Waals surface area contributed by atoms with Crippen molar-refractivity contribution in [2.45, 2.75) is 32.2 Å². The van der Waals surface area contributed by atoms with Crippen LogP contribution in [0.25, 0.3) is 11.2 Å². The molecule has 1 amide bonds. The summed E-state index contributed by atoms with van der Waals surface area (Å²) >= 11 is 0. The van der Waals surface area contributed by atoms with Gasteiger partial charge in [0.1, 0.15) is 5.82 Å². The van der Waals surface area contributed by atoms with Gasteiger partial charge in [-0.2, -0.15) is 0 Å². The van der Waals surface area contributed by atoms with Crippen LogP contribution in [0.1, 0.15) is 25.7 Å². The highest BCUT2D eigenvalue weighted by atomic mass is 16.3. The van der Waals surface area contributed by atoms with Crippen molar-refractivity contribution in [2.24, 2.45) is 18.9 Å². The SMILES string of the molecule is Cn1c(=O)n(CC2CCC(C(=O)Nc3ccncc3)CC2)c2nc(NCC[OH2+])ccc21. The highest BCUT2D eigenvalue weighted by molar-refractivity contribution is 5.92. The summed E-state index contributed by atoms with van der Waals surface area (Å²) in [5.41, 5.74) is 2.16. The van der Waals surface area contributed by atoms with Gasteiger partial charge in [-0.3, -0.25) is 18.9 Å². The van der Waals surface area contributed by atoms with Gasteiger partial charge >= 0.3 is 5.69 Å². The lowest BCUT2D eigenvalue weighted by atomic mass is 9.81. The Kier molecular flexibility index (Phi) is 6.31. The maximum absolute atomic E-state index is 12.8. The van der Waals surface area contributed by atoms with E-state index in [2.05, 4.69) is 20.6 Å². The average Bonchev–Trinajstić information content (AvgIpc) is 3.03. The quantitative estimate of drug-likeness (QED) is 0.559. The number of carbonyl (C=O) groups is 1. The Bertz CT molecular complexity index is 1100. The molecule has 1 fully saturated rings. The number of nitrogens with one attached hydrogen (secondary N) is 2. The van der Waals surface area contributed by atoms with Gasteiger partial charge in [0.2, 0.25) is 5.91 Å². The molecule has 1 saturated carbocycles. The molecule has 1 aliphatic rings. The lowest BCUT2D eigenvalue weighted by molar-refractivity contribution is -0.121.